The summed E-state index contributed by atoms with van der Waals surface area (Å²) >= 11 is 13.6. The highest BCUT2D eigenvalue weighted by molar-refractivity contribution is 7.19. The smallest absolute Gasteiger partial charge is 0.248 e. The topological polar surface area (TPSA) is 81.4 Å². The Labute approximate surface area is 192 Å². The van der Waals surface area contributed by atoms with E-state index in [-0.39, 0.29) is 5.91 Å². The van der Waals surface area contributed by atoms with Gasteiger partial charge in [-0.3, -0.25) is 4.79 Å². The third-order valence-electron chi connectivity index (χ3n) is 4.53. The molecule has 1 N–H and O–H groups in total. The Bertz CT molecular complexity index is 1330. The van der Waals surface area contributed by atoms with E-state index in [0.717, 1.165) is 26.9 Å². The van der Waals surface area contributed by atoms with Crippen LogP contribution in [0.2, 0.25) is 10.0 Å². The second-order valence-electron chi connectivity index (χ2n) is 6.71. The third-order valence-corrected chi connectivity index (χ3v) is 5.98. The van der Waals surface area contributed by atoms with E-state index < -0.39 is 0 Å². The van der Waals surface area contributed by atoms with Gasteiger partial charge in [0, 0.05) is 27.9 Å². The first-order valence-corrected chi connectivity index (χ1v) is 10.7. The molecule has 1 amide bonds. The number of rotatable bonds is 5. The lowest BCUT2D eigenvalue weighted by molar-refractivity contribution is -0.111. The normalized spacial score (nSPS) is 11.4. The predicted molar refractivity (Wildman–Crippen MR) is 124 cm³/mol. The second-order valence-corrected chi connectivity index (χ2v) is 8.51. The number of benzene rings is 2. The highest BCUT2D eigenvalue weighted by Crippen LogP contribution is 2.33. The van der Waals surface area contributed by atoms with Crippen LogP contribution in [0.25, 0.3) is 21.6 Å². The first kappa shape index (κ1) is 21.3. The Morgan fingerprint density at radius 3 is 2.71 bits per heavy atom. The van der Waals surface area contributed by atoms with E-state index in [1.807, 2.05) is 32.0 Å². The van der Waals surface area contributed by atoms with Crippen LogP contribution < -0.4 is 10.1 Å². The maximum Gasteiger partial charge on any atom is 0.248 e. The van der Waals surface area contributed by atoms with Crippen molar-refractivity contribution >= 4 is 57.2 Å². The number of fused-ring (bicyclic) bond motifs is 1. The molecule has 7 nitrogen and oxygen atoms in total. The van der Waals surface area contributed by atoms with Gasteiger partial charge in [0.15, 0.2) is 5.82 Å². The quantitative estimate of drug-likeness (QED) is 0.390. The van der Waals surface area contributed by atoms with Crippen molar-refractivity contribution in [1.82, 2.24) is 19.8 Å². The molecule has 2 heterocycles. The summed E-state index contributed by atoms with van der Waals surface area (Å²) in [4.78, 5) is 13.2. The summed E-state index contributed by atoms with van der Waals surface area (Å²) in [6.07, 6.45) is 3.01. The highest BCUT2D eigenvalue weighted by Gasteiger charge is 2.12. The van der Waals surface area contributed by atoms with Gasteiger partial charge in [-0.05, 0) is 55.8 Å². The van der Waals surface area contributed by atoms with Crippen molar-refractivity contribution in [2.75, 3.05) is 12.4 Å². The molecule has 0 saturated carbocycles. The van der Waals surface area contributed by atoms with Crippen molar-refractivity contribution in [3.05, 3.63) is 63.4 Å². The Hall–Kier alpha value is -2.94. The van der Waals surface area contributed by atoms with Crippen LogP contribution in [-0.4, -0.2) is 32.8 Å². The zero-order valence-corrected chi connectivity index (χ0v) is 19.1. The Morgan fingerprint density at radius 1 is 1.19 bits per heavy atom. The van der Waals surface area contributed by atoms with Crippen molar-refractivity contribution in [3.8, 4) is 16.3 Å². The number of aromatic nitrogens is 4. The fourth-order valence-electron chi connectivity index (χ4n) is 3.03. The van der Waals surface area contributed by atoms with E-state index in [9.17, 15) is 4.79 Å². The zero-order chi connectivity index (χ0) is 22.1. The molecule has 0 radical (unpaired) electrons. The second kappa shape index (κ2) is 8.66. The fraction of sp³-hybridized carbons (Fsp3) is 0.143. The number of halogens is 2. The average molecular weight is 474 g/mol. The number of hydrogen-bond acceptors (Lipinski definition) is 6. The van der Waals surface area contributed by atoms with Gasteiger partial charge in [-0.25, -0.2) is 0 Å². The largest absolute Gasteiger partial charge is 0.495 e. The highest BCUT2D eigenvalue weighted by atomic mass is 35.5. The van der Waals surface area contributed by atoms with Crippen LogP contribution >= 0.6 is 34.5 Å². The van der Waals surface area contributed by atoms with E-state index in [2.05, 4.69) is 20.6 Å². The van der Waals surface area contributed by atoms with Gasteiger partial charge in [-0.1, -0.05) is 34.5 Å². The third kappa shape index (κ3) is 4.41. The fourth-order valence-corrected chi connectivity index (χ4v) is 4.50. The van der Waals surface area contributed by atoms with Gasteiger partial charge in [0.2, 0.25) is 10.9 Å². The first-order chi connectivity index (χ1) is 14.9. The van der Waals surface area contributed by atoms with Gasteiger partial charge in [0.25, 0.3) is 0 Å². The minimum absolute atomic E-state index is 0.289. The van der Waals surface area contributed by atoms with E-state index in [4.69, 9.17) is 27.9 Å². The van der Waals surface area contributed by atoms with Crippen molar-refractivity contribution in [2.45, 2.75) is 13.8 Å². The van der Waals surface area contributed by atoms with Crippen LogP contribution in [0.5, 0.6) is 5.75 Å². The number of carbonyl (C=O) groups is 1. The van der Waals surface area contributed by atoms with Gasteiger partial charge < -0.3 is 10.1 Å². The van der Waals surface area contributed by atoms with Gasteiger partial charge in [0.1, 0.15) is 10.8 Å². The standard InChI is InChI=1S/C21H17Cl2N5O2S/c1-11-8-14(20-27-28-12(2)25-26-21(28)31-20)4-6-17(11)24-18(29)7-5-13-9-15(22)10-16(23)19(13)30-3/h4-10H,1-3H3,(H,24,29). The minimum Gasteiger partial charge on any atom is -0.495 e. The first-order valence-electron chi connectivity index (χ1n) is 9.17. The van der Waals surface area contributed by atoms with Crippen molar-refractivity contribution in [3.63, 3.8) is 0 Å². The molecule has 0 aliphatic heterocycles. The number of aryl methyl sites for hydroxylation is 2. The van der Waals surface area contributed by atoms with Crippen molar-refractivity contribution in [1.29, 1.82) is 0 Å². The molecular formula is C21H17Cl2N5O2S. The Morgan fingerprint density at radius 2 is 2.00 bits per heavy atom. The van der Waals surface area contributed by atoms with E-state index in [1.54, 1.807) is 22.7 Å². The molecule has 0 aliphatic carbocycles. The molecule has 0 unspecified atom stereocenters. The van der Waals surface area contributed by atoms with Crippen LogP contribution in [0, 0.1) is 13.8 Å². The molecule has 158 valence electrons. The van der Waals surface area contributed by atoms with Crippen LogP contribution in [0.4, 0.5) is 5.69 Å². The SMILES string of the molecule is COc1c(Cl)cc(Cl)cc1C=CC(=O)Nc1ccc(-c2nn3c(C)nnc3s2)cc1C. The zero-order valence-electron chi connectivity index (χ0n) is 16.8. The van der Waals surface area contributed by atoms with E-state index in [1.165, 1.54) is 24.5 Å². The number of amides is 1. The molecule has 0 spiro atoms. The molecule has 0 bridgehead atoms. The number of carbonyl (C=O) groups excluding carboxylic acids is 1. The predicted octanol–water partition coefficient (Wildman–Crippen LogP) is 5.44. The van der Waals surface area contributed by atoms with Gasteiger partial charge in [-0.2, -0.15) is 9.61 Å². The van der Waals surface area contributed by atoms with Crippen LogP contribution in [0.15, 0.2) is 36.4 Å². The lowest BCUT2D eigenvalue weighted by Gasteiger charge is -2.09. The van der Waals surface area contributed by atoms with Gasteiger partial charge in [-0.15, -0.1) is 10.2 Å². The van der Waals surface area contributed by atoms with Crippen molar-refractivity contribution in [2.24, 2.45) is 0 Å². The van der Waals surface area contributed by atoms with Crippen molar-refractivity contribution < 1.29 is 9.53 Å². The summed E-state index contributed by atoms with van der Waals surface area (Å²) in [5.41, 5.74) is 3.17. The average Bonchev–Trinajstić information content (AvgIpc) is 3.30. The van der Waals surface area contributed by atoms with E-state index in [0.29, 0.717) is 27.0 Å². The maximum atomic E-state index is 12.4. The van der Waals surface area contributed by atoms with E-state index >= 15 is 0 Å². The summed E-state index contributed by atoms with van der Waals surface area (Å²) in [5.74, 6) is 0.904. The molecule has 10 heteroatoms. The molecule has 4 rings (SSSR count). The van der Waals surface area contributed by atoms with Gasteiger partial charge in [0.05, 0.1) is 12.1 Å². The summed E-state index contributed by atoms with van der Waals surface area (Å²) < 4.78 is 7.01. The van der Waals surface area contributed by atoms with Crippen LogP contribution in [0.3, 0.4) is 0 Å². The monoisotopic (exact) mass is 473 g/mol. The lowest BCUT2D eigenvalue weighted by atomic mass is 10.1. The number of ether oxygens (including phenoxy) is 1. The number of hydrogen-bond donors (Lipinski definition) is 1. The molecule has 0 aliphatic rings. The number of nitrogens with zero attached hydrogens (tertiary/aromatic N) is 4. The molecule has 31 heavy (non-hydrogen) atoms. The minimum atomic E-state index is -0.289. The molecule has 2 aromatic heterocycles. The molecule has 0 fully saturated rings. The molecular weight excluding hydrogens is 457 g/mol. The summed E-state index contributed by atoms with van der Waals surface area (Å²) in [6.45, 7) is 3.78. The number of methoxy groups -OCH3 is 1. The molecule has 2 aromatic carbocycles. The molecule has 0 saturated heterocycles. The Kier molecular flexibility index (Phi) is 5.95. The molecule has 4 aromatic rings. The van der Waals surface area contributed by atoms with Crippen LogP contribution in [0.1, 0.15) is 17.0 Å². The Balaban J connectivity index is 1.52. The maximum absolute atomic E-state index is 12.4. The molecule has 0 atom stereocenters. The van der Waals surface area contributed by atoms with Crippen LogP contribution in [-0.2, 0) is 4.79 Å². The van der Waals surface area contributed by atoms with Gasteiger partial charge >= 0.3 is 0 Å². The lowest BCUT2D eigenvalue weighted by Crippen LogP contribution is -2.09. The number of anilines is 1. The summed E-state index contributed by atoms with van der Waals surface area (Å²) in [6, 6.07) is 9.00. The summed E-state index contributed by atoms with van der Waals surface area (Å²) in [5, 5.41) is 17.2. The summed E-state index contributed by atoms with van der Waals surface area (Å²) in [7, 11) is 1.51. The number of nitrogens with one attached hydrogen (secondary N) is 1.